The first-order chi connectivity index (χ1) is 16.0. The monoisotopic (exact) mass is 479 g/mol. The fraction of sp³-hybridized carbons (Fsp3) is 0.385. The number of nitrogens with zero attached hydrogens (tertiary/aromatic N) is 3. The molecule has 7 heteroatoms. The molecule has 2 aliphatic heterocycles. The maximum Gasteiger partial charge on any atom is 0.259 e. The van der Waals surface area contributed by atoms with Gasteiger partial charge in [0.2, 0.25) is 0 Å². The molecule has 4 heterocycles. The van der Waals surface area contributed by atoms with Crippen molar-refractivity contribution >= 4 is 29.0 Å². The molecule has 1 fully saturated rings. The summed E-state index contributed by atoms with van der Waals surface area (Å²) in [4.78, 5) is 33.8. The Balaban J connectivity index is 1.66. The smallest absolute Gasteiger partial charge is 0.259 e. The predicted octanol–water partition coefficient (Wildman–Crippen LogP) is 4.68. The van der Waals surface area contributed by atoms with Crippen LogP contribution in [-0.4, -0.2) is 53.0 Å². The van der Waals surface area contributed by atoms with Gasteiger partial charge in [-0.05, 0) is 49.5 Å². The number of piperazine rings is 1. The highest BCUT2D eigenvalue weighted by molar-refractivity contribution is 7.99. The van der Waals surface area contributed by atoms with E-state index in [1.54, 1.807) is 17.4 Å². The number of carbonyl (C=O) groups is 1. The Morgan fingerprint density at radius 2 is 1.85 bits per heavy atom. The molecule has 5 nitrogen and oxygen atoms in total. The van der Waals surface area contributed by atoms with E-state index in [2.05, 4.69) is 53.0 Å². The van der Waals surface area contributed by atoms with Crippen LogP contribution in [0.3, 0.4) is 0 Å². The third-order valence-electron chi connectivity index (χ3n) is 6.77. The number of hydrogen-bond donors (Lipinski definition) is 0. The van der Waals surface area contributed by atoms with Gasteiger partial charge in [-0.2, -0.15) is 0 Å². The number of rotatable bonds is 3. The lowest BCUT2D eigenvalue weighted by molar-refractivity contribution is 0.0640. The number of thioether (sulfide) groups is 1. The van der Waals surface area contributed by atoms with Gasteiger partial charge < -0.3 is 14.4 Å². The van der Waals surface area contributed by atoms with Crippen LogP contribution in [0, 0.1) is 13.8 Å². The zero-order valence-corrected chi connectivity index (χ0v) is 21.0. The van der Waals surface area contributed by atoms with E-state index in [9.17, 15) is 9.59 Å². The maximum atomic E-state index is 13.8. The molecule has 1 aromatic carbocycles. The lowest BCUT2D eigenvalue weighted by Crippen LogP contribution is -2.49. The van der Waals surface area contributed by atoms with Gasteiger partial charge in [-0.1, -0.05) is 19.1 Å². The first-order valence-electron chi connectivity index (χ1n) is 11.5. The highest BCUT2D eigenvalue weighted by Gasteiger charge is 2.32. The summed E-state index contributed by atoms with van der Waals surface area (Å²) in [5.74, 6) is -0.120. The Labute approximate surface area is 203 Å². The Kier molecular flexibility index (Phi) is 6.20. The predicted molar refractivity (Wildman–Crippen MR) is 136 cm³/mol. The summed E-state index contributed by atoms with van der Waals surface area (Å²) in [5, 5.41) is 2.29. The summed E-state index contributed by atoms with van der Waals surface area (Å²) in [6, 6.07) is 12.1. The molecule has 172 valence electrons. The first kappa shape index (κ1) is 22.4. The maximum absolute atomic E-state index is 13.8. The van der Waals surface area contributed by atoms with Gasteiger partial charge in [-0.3, -0.25) is 9.59 Å². The molecule has 0 N–H and O–H groups in total. The van der Waals surface area contributed by atoms with E-state index in [-0.39, 0.29) is 16.6 Å². The molecule has 0 spiro atoms. The molecule has 1 unspecified atom stereocenters. The quantitative estimate of drug-likeness (QED) is 0.547. The van der Waals surface area contributed by atoms with Crippen molar-refractivity contribution in [1.82, 2.24) is 14.4 Å². The van der Waals surface area contributed by atoms with Crippen molar-refractivity contribution in [3.05, 3.63) is 79.4 Å². The molecule has 0 saturated carbocycles. The summed E-state index contributed by atoms with van der Waals surface area (Å²) in [7, 11) is 0. The normalized spacial score (nSPS) is 18.5. The van der Waals surface area contributed by atoms with Crippen LogP contribution in [0.4, 0.5) is 0 Å². The van der Waals surface area contributed by atoms with Crippen LogP contribution in [-0.2, 0) is 6.42 Å². The molecule has 0 radical (unpaired) electrons. The number of fused-ring (bicyclic) bond motifs is 3. The molecule has 33 heavy (non-hydrogen) atoms. The molecular weight excluding hydrogens is 450 g/mol. The van der Waals surface area contributed by atoms with E-state index in [4.69, 9.17) is 0 Å². The number of aromatic nitrogens is 1. The minimum atomic E-state index is -0.160. The van der Waals surface area contributed by atoms with Crippen molar-refractivity contribution in [2.24, 2.45) is 0 Å². The van der Waals surface area contributed by atoms with Gasteiger partial charge in [-0.15, -0.1) is 23.1 Å². The number of hydrogen-bond acceptors (Lipinski definition) is 5. The topological polar surface area (TPSA) is 45.5 Å². The summed E-state index contributed by atoms with van der Waals surface area (Å²) in [6.45, 7) is 10.3. The first-order valence-corrected chi connectivity index (χ1v) is 13.3. The number of aryl methyl sites for hydroxylation is 2. The van der Waals surface area contributed by atoms with Crippen LogP contribution < -0.4 is 5.43 Å². The van der Waals surface area contributed by atoms with Gasteiger partial charge in [0.05, 0.1) is 5.69 Å². The largest absolute Gasteiger partial charge is 0.336 e. The van der Waals surface area contributed by atoms with E-state index < -0.39 is 0 Å². The van der Waals surface area contributed by atoms with Crippen LogP contribution in [0.5, 0.6) is 0 Å². The second-order valence-electron chi connectivity index (χ2n) is 8.78. The number of para-hydroxylation sites is 1. The minimum absolute atomic E-state index is 0.120. The van der Waals surface area contributed by atoms with Crippen LogP contribution in [0.25, 0.3) is 5.69 Å². The van der Waals surface area contributed by atoms with Crippen LogP contribution >= 0.6 is 23.1 Å². The van der Waals surface area contributed by atoms with E-state index >= 15 is 0 Å². The van der Waals surface area contributed by atoms with E-state index in [1.165, 1.54) is 15.3 Å². The number of likely N-dealkylation sites (N-methyl/N-ethyl adjacent to an activating group) is 1. The SMILES string of the molecule is CCN1CCN(C(=O)c2c3n(c(C)cc2=O)-c2ccccc2SC(c2sccc2C)C3)CC1. The van der Waals surface area contributed by atoms with Crippen molar-refractivity contribution in [2.75, 3.05) is 32.7 Å². The average molecular weight is 480 g/mol. The Bertz CT molecular complexity index is 1250. The van der Waals surface area contributed by atoms with Crippen molar-refractivity contribution in [3.63, 3.8) is 0 Å². The Hall–Kier alpha value is -2.35. The summed E-state index contributed by atoms with van der Waals surface area (Å²) < 4.78 is 2.15. The second kappa shape index (κ2) is 9.12. The fourth-order valence-electron chi connectivity index (χ4n) is 4.95. The van der Waals surface area contributed by atoms with Crippen LogP contribution in [0.15, 0.2) is 51.5 Å². The average Bonchev–Trinajstić information content (AvgIpc) is 3.16. The van der Waals surface area contributed by atoms with Gasteiger partial charge in [0.25, 0.3) is 5.91 Å². The lowest BCUT2D eigenvalue weighted by Gasteiger charge is -2.34. The molecule has 0 aliphatic carbocycles. The zero-order valence-electron chi connectivity index (χ0n) is 19.3. The summed E-state index contributed by atoms with van der Waals surface area (Å²) >= 11 is 3.60. The molecule has 2 aromatic heterocycles. The van der Waals surface area contributed by atoms with Crippen molar-refractivity contribution in [3.8, 4) is 5.69 Å². The summed E-state index contributed by atoms with van der Waals surface area (Å²) in [5.41, 5.74) is 4.23. The zero-order chi connectivity index (χ0) is 23.1. The Morgan fingerprint density at radius 1 is 1.09 bits per heavy atom. The number of carbonyl (C=O) groups excluding carboxylic acids is 1. The molecule has 1 atom stereocenters. The van der Waals surface area contributed by atoms with Crippen molar-refractivity contribution in [1.29, 1.82) is 0 Å². The van der Waals surface area contributed by atoms with Gasteiger partial charge >= 0.3 is 0 Å². The number of benzene rings is 1. The van der Waals surface area contributed by atoms with Gasteiger partial charge in [0.15, 0.2) is 5.43 Å². The standard InChI is InChI=1S/C26H29N3O2S2/c1-4-27-10-12-28(13-11-27)26(31)24-20-16-23(25-17(2)9-14-32-25)33-22-8-6-5-7-19(22)29(20)18(3)15-21(24)30/h5-9,14-15,23H,4,10-13,16H2,1-3H3. The molecule has 1 amide bonds. The molecule has 0 bridgehead atoms. The van der Waals surface area contributed by atoms with Crippen molar-refractivity contribution < 1.29 is 4.79 Å². The van der Waals surface area contributed by atoms with Crippen molar-refractivity contribution in [2.45, 2.75) is 37.3 Å². The second-order valence-corrected chi connectivity index (χ2v) is 11.0. The summed E-state index contributed by atoms with van der Waals surface area (Å²) in [6.07, 6.45) is 0.646. The number of thiophene rings is 1. The van der Waals surface area contributed by atoms with Crippen LogP contribution in [0.2, 0.25) is 0 Å². The molecule has 3 aromatic rings. The molecule has 1 saturated heterocycles. The number of pyridine rings is 1. The van der Waals surface area contributed by atoms with Crippen LogP contribution in [0.1, 0.15) is 44.4 Å². The van der Waals surface area contributed by atoms with E-state index in [0.29, 0.717) is 25.1 Å². The molecule has 5 rings (SSSR count). The third kappa shape index (κ3) is 4.07. The highest BCUT2D eigenvalue weighted by atomic mass is 32.2. The Morgan fingerprint density at radius 3 is 2.55 bits per heavy atom. The van der Waals surface area contributed by atoms with Gasteiger partial charge in [-0.25, -0.2) is 0 Å². The van der Waals surface area contributed by atoms with Gasteiger partial charge in [0.1, 0.15) is 5.56 Å². The van der Waals surface area contributed by atoms with Gasteiger partial charge in [0, 0.05) is 65.1 Å². The number of amides is 1. The molecule has 2 aliphatic rings. The molecular formula is C26H29N3O2S2. The lowest BCUT2D eigenvalue weighted by atomic mass is 10.0. The fourth-order valence-corrected chi connectivity index (χ4v) is 7.45. The highest BCUT2D eigenvalue weighted by Crippen LogP contribution is 2.46. The van der Waals surface area contributed by atoms with E-state index in [1.807, 2.05) is 29.7 Å². The minimum Gasteiger partial charge on any atom is -0.336 e. The third-order valence-corrected chi connectivity index (χ3v) is 9.33. The van der Waals surface area contributed by atoms with E-state index in [0.717, 1.165) is 36.7 Å².